The molecule has 98 valence electrons. The highest BCUT2D eigenvalue weighted by molar-refractivity contribution is 9.10. The largest absolute Gasteiger partial charge is 0.358 e. The predicted molar refractivity (Wildman–Crippen MR) is 75.6 cm³/mol. The highest BCUT2D eigenvalue weighted by Crippen LogP contribution is 2.21. The standard InChI is InChI=1S/C13H18BrN3O/c1-9-7-11(14)12(15-8-9)16-10(2)13(18)17-5-3-4-6-17/h7-8,10H,3-6H2,1-2H3,(H,15,16). The molecule has 0 radical (unpaired) electrons. The van der Waals surface area contributed by atoms with Crippen LogP contribution in [0, 0.1) is 6.92 Å². The van der Waals surface area contributed by atoms with Crippen molar-refractivity contribution in [2.45, 2.75) is 32.7 Å². The number of aryl methyl sites for hydroxylation is 1. The zero-order valence-electron chi connectivity index (χ0n) is 10.7. The lowest BCUT2D eigenvalue weighted by atomic mass is 10.2. The molecule has 1 saturated heterocycles. The van der Waals surface area contributed by atoms with Crippen LogP contribution < -0.4 is 5.32 Å². The zero-order valence-corrected chi connectivity index (χ0v) is 12.3. The molecule has 2 rings (SSSR count). The normalized spacial score (nSPS) is 16.7. The van der Waals surface area contributed by atoms with Crippen LogP contribution in [0.15, 0.2) is 16.7 Å². The molecule has 0 aromatic carbocycles. The second-order valence-electron chi connectivity index (χ2n) is 4.74. The maximum absolute atomic E-state index is 12.1. The van der Waals surface area contributed by atoms with Gasteiger partial charge in [-0.2, -0.15) is 0 Å². The lowest BCUT2D eigenvalue weighted by Crippen LogP contribution is -2.39. The lowest BCUT2D eigenvalue weighted by Gasteiger charge is -2.21. The maximum atomic E-state index is 12.1. The number of hydrogen-bond donors (Lipinski definition) is 1. The van der Waals surface area contributed by atoms with Gasteiger partial charge < -0.3 is 10.2 Å². The molecule has 4 nitrogen and oxygen atoms in total. The molecule has 1 atom stereocenters. The van der Waals surface area contributed by atoms with Gasteiger partial charge in [0, 0.05) is 19.3 Å². The van der Waals surface area contributed by atoms with Gasteiger partial charge in [-0.1, -0.05) is 0 Å². The van der Waals surface area contributed by atoms with Crippen LogP contribution in [-0.4, -0.2) is 34.9 Å². The van der Waals surface area contributed by atoms with Crippen LogP contribution in [0.3, 0.4) is 0 Å². The molecule has 1 N–H and O–H groups in total. The van der Waals surface area contributed by atoms with Crippen LogP contribution in [-0.2, 0) is 4.79 Å². The Morgan fingerprint density at radius 2 is 2.17 bits per heavy atom. The van der Waals surface area contributed by atoms with Crippen LogP contribution in [0.5, 0.6) is 0 Å². The Kier molecular flexibility index (Phi) is 4.22. The Balaban J connectivity index is 2.01. The first-order valence-electron chi connectivity index (χ1n) is 6.25. The Labute approximate surface area is 116 Å². The third-order valence-electron chi connectivity index (χ3n) is 3.12. The number of aromatic nitrogens is 1. The number of likely N-dealkylation sites (tertiary alicyclic amines) is 1. The average Bonchev–Trinajstić information content (AvgIpc) is 2.85. The van der Waals surface area contributed by atoms with Gasteiger partial charge in [-0.3, -0.25) is 4.79 Å². The minimum atomic E-state index is -0.241. The highest BCUT2D eigenvalue weighted by atomic mass is 79.9. The van der Waals surface area contributed by atoms with Crippen molar-refractivity contribution >= 4 is 27.7 Å². The van der Waals surface area contributed by atoms with E-state index in [0.717, 1.165) is 41.8 Å². The number of carbonyl (C=O) groups excluding carboxylic acids is 1. The summed E-state index contributed by atoms with van der Waals surface area (Å²) in [4.78, 5) is 18.4. The number of hydrogen-bond acceptors (Lipinski definition) is 3. The second kappa shape index (κ2) is 5.69. The number of amides is 1. The van der Waals surface area contributed by atoms with Gasteiger partial charge in [0.15, 0.2) is 0 Å². The molecule has 1 aliphatic rings. The fraction of sp³-hybridized carbons (Fsp3) is 0.538. The SMILES string of the molecule is Cc1cnc(NC(C)C(=O)N2CCCC2)c(Br)c1. The summed E-state index contributed by atoms with van der Waals surface area (Å²) in [5, 5.41) is 3.16. The first-order chi connectivity index (χ1) is 8.58. The van der Waals surface area contributed by atoms with Crippen molar-refractivity contribution < 1.29 is 4.79 Å². The molecule has 0 aliphatic carbocycles. The van der Waals surface area contributed by atoms with Gasteiger partial charge >= 0.3 is 0 Å². The van der Waals surface area contributed by atoms with Crippen molar-refractivity contribution in [2.24, 2.45) is 0 Å². The van der Waals surface area contributed by atoms with Crippen LogP contribution >= 0.6 is 15.9 Å². The predicted octanol–water partition coefficient (Wildman–Crippen LogP) is 2.58. The highest BCUT2D eigenvalue weighted by Gasteiger charge is 2.23. The molecule has 0 spiro atoms. The molecule has 1 unspecified atom stereocenters. The molecular formula is C13H18BrN3O. The summed E-state index contributed by atoms with van der Waals surface area (Å²) < 4.78 is 0.892. The molecule has 1 aromatic rings. The van der Waals surface area contributed by atoms with Crippen molar-refractivity contribution in [2.75, 3.05) is 18.4 Å². The minimum Gasteiger partial charge on any atom is -0.358 e. The van der Waals surface area contributed by atoms with Gasteiger partial charge in [-0.15, -0.1) is 0 Å². The van der Waals surface area contributed by atoms with E-state index in [9.17, 15) is 4.79 Å². The molecule has 1 amide bonds. The summed E-state index contributed by atoms with van der Waals surface area (Å²) in [7, 11) is 0. The third-order valence-corrected chi connectivity index (χ3v) is 3.72. The molecular weight excluding hydrogens is 294 g/mol. The first kappa shape index (κ1) is 13.3. The van der Waals surface area contributed by atoms with Crippen LogP contribution in [0.1, 0.15) is 25.3 Å². The monoisotopic (exact) mass is 311 g/mol. The van der Waals surface area contributed by atoms with Gasteiger partial charge in [0.2, 0.25) is 5.91 Å². The average molecular weight is 312 g/mol. The molecule has 18 heavy (non-hydrogen) atoms. The van der Waals surface area contributed by atoms with Gasteiger partial charge in [0.05, 0.1) is 4.47 Å². The fourth-order valence-electron chi connectivity index (χ4n) is 2.12. The number of carbonyl (C=O) groups is 1. The molecule has 1 aliphatic heterocycles. The number of nitrogens with zero attached hydrogens (tertiary/aromatic N) is 2. The summed E-state index contributed by atoms with van der Waals surface area (Å²) in [6, 6.07) is 1.75. The number of halogens is 1. The third kappa shape index (κ3) is 3.02. The van der Waals surface area contributed by atoms with Crippen molar-refractivity contribution in [1.82, 2.24) is 9.88 Å². The van der Waals surface area contributed by atoms with E-state index >= 15 is 0 Å². The van der Waals surface area contributed by atoms with E-state index in [-0.39, 0.29) is 11.9 Å². The molecule has 1 fully saturated rings. The van der Waals surface area contributed by atoms with E-state index in [2.05, 4.69) is 26.2 Å². The second-order valence-corrected chi connectivity index (χ2v) is 5.60. The summed E-state index contributed by atoms with van der Waals surface area (Å²) in [6.45, 7) is 5.63. The van der Waals surface area contributed by atoms with Crippen LogP contribution in [0.4, 0.5) is 5.82 Å². The summed E-state index contributed by atoms with van der Waals surface area (Å²) in [5.41, 5.74) is 1.09. The number of nitrogens with one attached hydrogen (secondary N) is 1. The molecule has 5 heteroatoms. The lowest BCUT2D eigenvalue weighted by molar-refractivity contribution is -0.130. The summed E-state index contributed by atoms with van der Waals surface area (Å²) >= 11 is 3.46. The molecule has 2 heterocycles. The Morgan fingerprint density at radius 1 is 1.50 bits per heavy atom. The van der Waals surface area contributed by atoms with E-state index in [1.54, 1.807) is 6.20 Å². The molecule has 1 aromatic heterocycles. The zero-order chi connectivity index (χ0) is 13.1. The van der Waals surface area contributed by atoms with E-state index in [1.807, 2.05) is 24.8 Å². The Hall–Kier alpha value is -1.10. The van der Waals surface area contributed by atoms with Crippen molar-refractivity contribution in [3.8, 4) is 0 Å². The maximum Gasteiger partial charge on any atom is 0.244 e. The Morgan fingerprint density at radius 3 is 2.78 bits per heavy atom. The number of rotatable bonds is 3. The minimum absolute atomic E-state index is 0.154. The van der Waals surface area contributed by atoms with Crippen LogP contribution in [0.25, 0.3) is 0 Å². The van der Waals surface area contributed by atoms with Crippen LogP contribution in [0.2, 0.25) is 0 Å². The van der Waals surface area contributed by atoms with Crippen molar-refractivity contribution in [3.05, 3.63) is 22.3 Å². The molecule has 0 saturated carbocycles. The van der Waals surface area contributed by atoms with Gasteiger partial charge in [0.25, 0.3) is 0 Å². The molecule has 0 bridgehead atoms. The van der Waals surface area contributed by atoms with E-state index in [0.29, 0.717) is 0 Å². The van der Waals surface area contributed by atoms with E-state index < -0.39 is 0 Å². The number of pyridine rings is 1. The fourth-order valence-corrected chi connectivity index (χ4v) is 2.70. The van der Waals surface area contributed by atoms with Gasteiger partial charge in [-0.05, 0) is 54.2 Å². The summed E-state index contributed by atoms with van der Waals surface area (Å²) in [5.74, 6) is 0.877. The smallest absolute Gasteiger partial charge is 0.244 e. The Bertz CT molecular complexity index is 444. The van der Waals surface area contributed by atoms with E-state index in [4.69, 9.17) is 0 Å². The summed E-state index contributed by atoms with van der Waals surface area (Å²) in [6.07, 6.45) is 4.02. The topological polar surface area (TPSA) is 45.2 Å². The van der Waals surface area contributed by atoms with E-state index in [1.165, 1.54) is 0 Å². The van der Waals surface area contributed by atoms with Gasteiger partial charge in [0.1, 0.15) is 11.9 Å². The van der Waals surface area contributed by atoms with Crippen molar-refractivity contribution in [3.63, 3.8) is 0 Å². The van der Waals surface area contributed by atoms with Crippen molar-refractivity contribution in [1.29, 1.82) is 0 Å². The number of anilines is 1. The first-order valence-corrected chi connectivity index (χ1v) is 7.04. The quantitative estimate of drug-likeness (QED) is 0.933. The van der Waals surface area contributed by atoms with Gasteiger partial charge in [-0.25, -0.2) is 4.98 Å².